The molecule has 7 nitrogen and oxygen atoms in total. The summed E-state index contributed by atoms with van der Waals surface area (Å²) >= 11 is 0. The van der Waals surface area contributed by atoms with E-state index in [2.05, 4.69) is 4.98 Å². The molecule has 1 aromatic heterocycles. The normalized spacial score (nSPS) is 15.2. The number of hydrogen-bond acceptors (Lipinski definition) is 5. The number of nitrogens with zero attached hydrogens (tertiary/aromatic N) is 3. The van der Waals surface area contributed by atoms with Gasteiger partial charge < -0.3 is 10.0 Å². The van der Waals surface area contributed by atoms with Crippen LogP contribution in [-0.4, -0.2) is 56.0 Å². The van der Waals surface area contributed by atoms with Crippen molar-refractivity contribution in [2.45, 2.75) is 17.7 Å². The minimum absolute atomic E-state index is 0.0953. The van der Waals surface area contributed by atoms with Crippen molar-refractivity contribution in [3.05, 3.63) is 18.3 Å². The quantitative estimate of drug-likeness (QED) is 0.794. The highest BCUT2D eigenvalue weighted by atomic mass is 32.2. The number of hydrogen-bond donors (Lipinski definition) is 1. The van der Waals surface area contributed by atoms with E-state index < -0.39 is 16.0 Å². The van der Waals surface area contributed by atoms with Gasteiger partial charge in [-0.3, -0.25) is 4.79 Å². The highest BCUT2D eigenvalue weighted by Gasteiger charge is 2.26. The molecule has 1 aromatic rings. The van der Waals surface area contributed by atoms with Crippen molar-refractivity contribution in [3.8, 4) is 0 Å². The lowest BCUT2D eigenvalue weighted by molar-refractivity contribution is -0.135. The summed E-state index contributed by atoms with van der Waals surface area (Å²) in [4.78, 5) is 16.8. The molecule has 0 saturated heterocycles. The summed E-state index contributed by atoms with van der Waals surface area (Å²) in [6.45, 7) is 0.502. The standard InChI is InChI=1S/C13H19N3O4S/c1-15(2)21(19,20)11-5-6-12(14-7-11)16(9-13(17)18)8-10-3-4-10/h5-7,10H,3-4,8-9H2,1-2H3,(H,17,18). The van der Waals surface area contributed by atoms with Gasteiger partial charge in [-0.2, -0.15) is 0 Å². The fraction of sp³-hybridized carbons (Fsp3) is 0.538. The summed E-state index contributed by atoms with van der Waals surface area (Å²) in [5.41, 5.74) is 0. The molecule has 8 heteroatoms. The van der Waals surface area contributed by atoms with Crippen molar-refractivity contribution in [3.63, 3.8) is 0 Å². The van der Waals surface area contributed by atoms with Crippen molar-refractivity contribution in [2.24, 2.45) is 5.92 Å². The molecule has 0 atom stereocenters. The van der Waals surface area contributed by atoms with Crippen LogP contribution in [0.25, 0.3) is 0 Å². The van der Waals surface area contributed by atoms with Crippen LogP contribution in [0.15, 0.2) is 23.2 Å². The van der Waals surface area contributed by atoms with Crippen LogP contribution in [0.3, 0.4) is 0 Å². The Morgan fingerprint density at radius 3 is 2.48 bits per heavy atom. The molecule has 116 valence electrons. The molecule has 0 radical (unpaired) electrons. The number of aromatic nitrogens is 1. The van der Waals surface area contributed by atoms with Crippen LogP contribution >= 0.6 is 0 Å². The van der Waals surface area contributed by atoms with Gasteiger partial charge in [-0.15, -0.1) is 0 Å². The van der Waals surface area contributed by atoms with Crippen LogP contribution in [-0.2, 0) is 14.8 Å². The number of carboxylic acids is 1. The molecule has 0 aromatic carbocycles. The van der Waals surface area contributed by atoms with Gasteiger partial charge >= 0.3 is 5.97 Å². The Labute approximate surface area is 124 Å². The third-order valence-corrected chi connectivity index (χ3v) is 5.12. The lowest BCUT2D eigenvalue weighted by atomic mass is 10.3. The first-order chi connectivity index (χ1) is 9.80. The highest BCUT2D eigenvalue weighted by Crippen LogP contribution is 2.31. The predicted octanol–water partition coefficient (Wildman–Crippen LogP) is 0.633. The van der Waals surface area contributed by atoms with Crippen molar-refractivity contribution in [1.29, 1.82) is 0 Å². The molecule has 0 amide bonds. The number of pyridine rings is 1. The van der Waals surface area contributed by atoms with Crippen LogP contribution in [0.2, 0.25) is 0 Å². The maximum Gasteiger partial charge on any atom is 0.323 e. The van der Waals surface area contributed by atoms with Crippen LogP contribution in [0.5, 0.6) is 0 Å². The Bertz CT molecular complexity index is 609. The van der Waals surface area contributed by atoms with Crippen molar-refractivity contribution in [2.75, 3.05) is 32.1 Å². The summed E-state index contributed by atoms with van der Waals surface area (Å²) in [6, 6.07) is 3.01. The minimum Gasteiger partial charge on any atom is -0.480 e. The summed E-state index contributed by atoms with van der Waals surface area (Å²) in [7, 11) is -0.614. The van der Waals surface area contributed by atoms with E-state index in [0.717, 1.165) is 17.1 Å². The van der Waals surface area contributed by atoms with Gasteiger partial charge in [0.1, 0.15) is 17.3 Å². The number of aliphatic carboxylic acids is 1. The third kappa shape index (κ3) is 3.92. The SMILES string of the molecule is CN(C)S(=O)(=O)c1ccc(N(CC(=O)O)CC2CC2)nc1. The van der Waals surface area contributed by atoms with E-state index in [1.807, 2.05) is 0 Å². The van der Waals surface area contributed by atoms with Crippen LogP contribution < -0.4 is 4.90 Å². The molecule has 1 fully saturated rings. The van der Waals surface area contributed by atoms with E-state index in [-0.39, 0.29) is 11.4 Å². The average Bonchev–Trinajstić information content (AvgIpc) is 3.21. The zero-order chi connectivity index (χ0) is 15.6. The van der Waals surface area contributed by atoms with Crippen molar-refractivity contribution >= 4 is 21.8 Å². The Hall–Kier alpha value is -1.67. The topological polar surface area (TPSA) is 90.8 Å². The van der Waals surface area contributed by atoms with E-state index in [0.29, 0.717) is 18.3 Å². The van der Waals surface area contributed by atoms with E-state index in [1.54, 1.807) is 11.0 Å². The third-order valence-electron chi connectivity index (χ3n) is 3.32. The molecule has 1 N–H and O–H groups in total. The number of carboxylic acid groups (broad SMARTS) is 1. The first-order valence-corrected chi connectivity index (χ1v) is 8.10. The van der Waals surface area contributed by atoms with Crippen LogP contribution in [0, 0.1) is 5.92 Å². The second kappa shape index (κ2) is 5.98. The largest absolute Gasteiger partial charge is 0.480 e. The lowest BCUT2D eigenvalue weighted by Crippen LogP contribution is -2.32. The highest BCUT2D eigenvalue weighted by molar-refractivity contribution is 7.89. The second-order valence-electron chi connectivity index (χ2n) is 5.36. The molecule has 1 aliphatic rings. The van der Waals surface area contributed by atoms with E-state index in [9.17, 15) is 13.2 Å². The van der Waals surface area contributed by atoms with Gasteiger partial charge in [-0.05, 0) is 30.9 Å². The maximum atomic E-state index is 12.0. The molecule has 21 heavy (non-hydrogen) atoms. The fourth-order valence-electron chi connectivity index (χ4n) is 1.94. The Kier molecular flexibility index (Phi) is 4.48. The molecule has 1 saturated carbocycles. The zero-order valence-corrected chi connectivity index (χ0v) is 12.9. The van der Waals surface area contributed by atoms with Gasteiger partial charge in [0.2, 0.25) is 10.0 Å². The van der Waals surface area contributed by atoms with Crippen LogP contribution in [0.1, 0.15) is 12.8 Å². The number of sulfonamides is 1. The maximum absolute atomic E-state index is 12.0. The van der Waals surface area contributed by atoms with Gasteiger partial charge in [0, 0.05) is 26.8 Å². The second-order valence-corrected chi connectivity index (χ2v) is 7.51. The summed E-state index contributed by atoms with van der Waals surface area (Å²) in [6.07, 6.45) is 3.47. The van der Waals surface area contributed by atoms with Gasteiger partial charge in [-0.25, -0.2) is 17.7 Å². The first kappa shape index (κ1) is 15.7. The molecule has 0 bridgehead atoms. The monoisotopic (exact) mass is 313 g/mol. The molecule has 0 aliphatic heterocycles. The van der Waals surface area contributed by atoms with Gasteiger partial charge in [0.15, 0.2) is 0 Å². The molecular weight excluding hydrogens is 294 g/mol. The zero-order valence-electron chi connectivity index (χ0n) is 12.1. The lowest BCUT2D eigenvalue weighted by Gasteiger charge is -2.22. The number of rotatable bonds is 7. The fourth-order valence-corrected chi connectivity index (χ4v) is 2.78. The smallest absolute Gasteiger partial charge is 0.323 e. The number of carbonyl (C=O) groups is 1. The van der Waals surface area contributed by atoms with Gasteiger partial charge in [-0.1, -0.05) is 0 Å². The van der Waals surface area contributed by atoms with Gasteiger partial charge in [0.25, 0.3) is 0 Å². The minimum atomic E-state index is -3.52. The Balaban J connectivity index is 2.20. The molecule has 1 heterocycles. The van der Waals surface area contributed by atoms with Crippen molar-refractivity contribution in [1.82, 2.24) is 9.29 Å². The predicted molar refractivity (Wildman–Crippen MR) is 77.7 cm³/mol. The van der Waals surface area contributed by atoms with Crippen molar-refractivity contribution < 1.29 is 18.3 Å². The Morgan fingerprint density at radius 2 is 2.05 bits per heavy atom. The van der Waals surface area contributed by atoms with E-state index in [1.165, 1.54) is 26.4 Å². The molecule has 2 rings (SSSR count). The molecular formula is C13H19N3O4S. The van der Waals surface area contributed by atoms with E-state index >= 15 is 0 Å². The van der Waals surface area contributed by atoms with E-state index in [4.69, 9.17) is 5.11 Å². The first-order valence-electron chi connectivity index (χ1n) is 6.66. The average molecular weight is 313 g/mol. The molecule has 1 aliphatic carbocycles. The van der Waals surface area contributed by atoms with Gasteiger partial charge in [0.05, 0.1) is 0 Å². The summed E-state index contributed by atoms with van der Waals surface area (Å²) in [5.74, 6) is 0.0702. The summed E-state index contributed by atoms with van der Waals surface area (Å²) in [5, 5.41) is 8.96. The molecule has 0 spiro atoms. The number of anilines is 1. The summed E-state index contributed by atoms with van der Waals surface area (Å²) < 4.78 is 25.0. The van der Waals surface area contributed by atoms with Crippen LogP contribution in [0.4, 0.5) is 5.82 Å². The Morgan fingerprint density at radius 1 is 1.38 bits per heavy atom. The molecule has 0 unspecified atom stereocenters.